The van der Waals surface area contributed by atoms with E-state index in [2.05, 4.69) is 10.2 Å². The lowest BCUT2D eigenvalue weighted by molar-refractivity contribution is 0.108. The molecule has 0 aromatic carbocycles. The summed E-state index contributed by atoms with van der Waals surface area (Å²) in [5.74, 6) is 0. The van der Waals surface area contributed by atoms with Crippen LogP contribution in [-0.4, -0.2) is 23.1 Å². The van der Waals surface area contributed by atoms with E-state index in [9.17, 15) is 0 Å². The summed E-state index contributed by atoms with van der Waals surface area (Å²) < 4.78 is 5.32. The molecule has 2 rings (SSSR count). The number of fused-ring (bicyclic) bond motifs is 1. The highest BCUT2D eigenvalue weighted by atomic mass is 32.2. The van der Waals surface area contributed by atoms with Crippen LogP contribution in [-0.2, 0) is 17.8 Å². The number of nitrogens with one attached hydrogen (secondary N) is 1. The lowest BCUT2D eigenvalue weighted by Gasteiger charge is -2.11. The lowest BCUT2D eigenvalue weighted by atomic mass is 10.2. The average molecular weight is 170 g/mol. The number of aromatic amines is 1. The van der Waals surface area contributed by atoms with E-state index in [1.165, 1.54) is 11.3 Å². The topological polar surface area (TPSA) is 37.9 Å². The second kappa shape index (κ2) is 2.87. The summed E-state index contributed by atoms with van der Waals surface area (Å²) in [6.45, 7) is 1.55. The molecule has 0 fully saturated rings. The predicted octanol–water partition coefficient (Wildman–Crippen LogP) is 1.20. The molecule has 0 unspecified atom stereocenters. The molecule has 0 bridgehead atoms. The normalized spacial score (nSPS) is 16.5. The molecular weight excluding hydrogens is 160 g/mol. The molecule has 4 heteroatoms. The zero-order chi connectivity index (χ0) is 7.68. The van der Waals surface area contributed by atoms with Gasteiger partial charge in [0.25, 0.3) is 0 Å². The van der Waals surface area contributed by atoms with E-state index in [1.807, 2.05) is 6.26 Å². The van der Waals surface area contributed by atoms with Crippen molar-refractivity contribution in [1.82, 2.24) is 10.2 Å². The summed E-state index contributed by atoms with van der Waals surface area (Å²) in [5.41, 5.74) is 2.50. The lowest BCUT2D eigenvalue weighted by Crippen LogP contribution is -2.08. The van der Waals surface area contributed by atoms with Gasteiger partial charge >= 0.3 is 0 Å². The average Bonchev–Trinajstić information content (AvgIpc) is 2.47. The van der Waals surface area contributed by atoms with Crippen molar-refractivity contribution < 1.29 is 4.74 Å². The summed E-state index contributed by atoms with van der Waals surface area (Å²) >= 11 is 1.67. The molecule has 11 heavy (non-hydrogen) atoms. The van der Waals surface area contributed by atoms with Crippen LogP contribution in [0.1, 0.15) is 11.3 Å². The van der Waals surface area contributed by atoms with E-state index >= 15 is 0 Å². The molecule has 0 spiro atoms. The van der Waals surface area contributed by atoms with Crippen LogP contribution in [0.4, 0.5) is 0 Å². The van der Waals surface area contributed by atoms with Crippen LogP contribution in [0, 0.1) is 0 Å². The summed E-state index contributed by atoms with van der Waals surface area (Å²) in [6.07, 6.45) is 3.01. The van der Waals surface area contributed by atoms with Crippen molar-refractivity contribution >= 4 is 11.8 Å². The minimum Gasteiger partial charge on any atom is -0.376 e. The van der Waals surface area contributed by atoms with Gasteiger partial charge in [-0.2, -0.15) is 5.10 Å². The number of nitrogens with zero attached hydrogens (tertiary/aromatic N) is 1. The monoisotopic (exact) mass is 170 g/mol. The Morgan fingerprint density at radius 2 is 2.55 bits per heavy atom. The number of rotatable bonds is 1. The van der Waals surface area contributed by atoms with Crippen molar-refractivity contribution in [2.24, 2.45) is 0 Å². The highest BCUT2D eigenvalue weighted by Gasteiger charge is 2.15. The second-order valence-electron chi connectivity index (χ2n) is 2.49. The van der Waals surface area contributed by atoms with Gasteiger partial charge in [0.1, 0.15) is 5.03 Å². The third-order valence-electron chi connectivity index (χ3n) is 1.85. The van der Waals surface area contributed by atoms with Crippen LogP contribution in [0.3, 0.4) is 0 Å². The van der Waals surface area contributed by atoms with E-state index in [1.54, 1.807) is 11.8 Å². The number of aromatic nitrogens is 2. The van der Waals surface area contributed by atoms with E-state index in [0.29, 0.717) is 0 Å². The first-order valence-electron chi connectivity index (χ1n) is 3.59. The molecule has 1 aromatic rings. The highest BCUT2D eigenvalue weighted by Crippen LogP contribution is 2.24. The third kappa shape index (κ3) is 1.16. The molecule has 2 heterocycles. The summed E-state index contributed by atoms with van der Waals surface area (Å²) in [5, 5.41) is 8.28. The summed E-state index contributed by atoms with van der Waals surface area (Å²) in [4.78, 5) is 0. The number of ether oxygens (including phenoxy) is 1. The Morgan fingerprint density at radius 1 is 1.64 bits per heavy atom. The Labute approximate surface area is 69.5 Å². The number of thioether (sulfide) groups is 1. The maximum absolute atomic E-state index is 5.32. The van der Waals surface area contributed by atoms with E-state index in [0.717, 1.165) is 24.7 Å². The van der Waals surface area contributed by atoms with E-state index in [-0.39, 0.29) is 0 Å². The Balaban J connectivity index is 2.38. The molecule has 0 atom stereocenters. The minimum atomic E-state index is 0.724. The van der Waals surface area contributed by atoms with Crippen LogP contribution < -0.4 is 0 Å². The smallest absolute Gasteiger partial charge is 0.123 e. The van der Waals surface area contributed by atoms with Gasteiger partial charge in [0.2, 0.25) is 0 Å². The molecule has 0 saturated heterocycles. The van der Waals surface area contributed by atoms with Crippen LogP contribution >= 0.6 is 11.8 Å². The molecule has 3 nitrogen and oxygen atoms in total. The zero-order valence-electron chi connectivity index (χ0n) is 6.39. The third-order valence-corrected chi connectivity index (χ3v) is 2.58. The van der Waals surface area contributed by atoms with Crippen LogP contribution in [0.5, 0.6) is 0 Å². The van der Waals surface area contributed by atoms with Gasteiger partial charge in [-0.1, -0.05) is 0 Å². The van der Waals surface area contributed by atoms with Gasteiger partial charge in [0.05, 0.1) is 13.2 Å². The number of hydrogen-bond donors (Lipinski definition) is 1. The predicted molar refractivity (Wildman–Crippen MR) is 43.7 cm³/mol. The summed E-state index contributed by atoms with van der Waals surface area (Å²) in [7, 11) is 0. The van der Waals surface area contributed by atoms with Gasteiger partial charge in [-0.05, 0) is 6.26 Å². The molecule has 0 amide bonds. The van der Waals surface area contributed by atoms with Crippen molar-refractivity contribution in [2.45, 2.75) is 18.1 Å². The fourth-order valence-corrected chi connectivity index (χ4v) is 1.82. The highest BCUT2D eigenvalue weighted by molar-refractivity contribution is 7.98. The Kier molecular flexibility index (Phi) is 1.87. The van der Waals surface area contributed by atoms with Crippen molar-refractivity contribution in [2.75, 3.05) is 12.9 Å². The maximum Gasteiger partial charge on any atom is 0.123 e. The van der Waals surface area contributed by atoms with Crippen LogP contribution in [0.25, 0.3) is 0 Å². The first-order valence-corrected chi connectivity index (χ1v) is 4.82. The van der Waals surface area contributed by atoms with Crippen molar-refractivity contribution in [3.05, 3.63) is 11.3 Å². The summed E-state index contributed by atoms with van der Waals surface area (Å²) in [6, 6.07) is 0. The van der Waals surface area contributed by atoms with Crippen LogP contribution in [0.2, 0.25) is 0 Å². The minimum absolute atomic E-state index is 0.724. The van der Waals surface area contributed by atoms with Gasteiger partial charge in [-0.3, -0.25) is 5.10 Å². The molecule has 1 aliphatic rings. The van der Waals surface area contributed by atoms with Gasteiger partial charge < -0.3 is 4.74 Å². The molecule has 0 aliphatic carbocycles. The maximum atomic E-state index is 5.32. The van der Waals surface area contributed by atoms with E-state index in [4.69, 9.17) is 4.74 Å². The molecule has 1 aliphatic heterocycles. The standard InChI is InChI=1S/C7H10N2OS/c1-11-7-5-4-10-3-2-6(5)8-9-7/h2-4H2,1H3,(H,8,9). The Bertz CT molecular complexity index is 245. The zero-order valence-corrected chi connectivity index (χ0v) is 7.20. The first kappa shape index (κ1) is 7.18. The second-order valence-corrected chi connectivity index (χ2v) is 3.29. The molecule has 60 valence electrons. The molecule has 1 aromatic heterocycles. The number of H-pyrrole nitrogens is 1. The van der Waals surface area contributed by atoms with Gasteiger partial charge in [-0.15, -0.1) is 11.8 Å². The molecule has 0 saturated carbocycles. The number of hydrogen-bond acceptors (Lipinski definition) is 3. The fraction of sp³-hybridized carbons (Fsp3) is 0.571. The van der Waals surface area contributed by atoms with Crippen molar-refractivity contribution in [3.63, 3.8) is 0 Å². The molecular formula is C7H10N2OS. The van der Waals surface area contributed by atoms with Gasteiger partial charge in [-0.25, -0.2) is 0 Å². The Hall–Kier alpha value is -0.480. The SMILES string of the molecule is CSc1n[nH]c2c1COCC2. The first-order chi connectivity index (χ1) is 5.42. The molecule has 1 N–H and O–H groups in total. The quantitative estimate of drug-likeness (QED) is 0.644. The van der Waals surface area contributed by atoms with Crippen LogP contribution in [0.15, 0.2) is 5.03 Å². The Morgan fingerprint density at radius 3 is 3.36 bits per heavy atom. The largest absolute Gasteiger partial charge is 0.376 e. The van der Waals surface area contributed by atoms with Crippen molar-refractivity contribution in [3.8, 4) is 0 Å². The fourth-order valence-electron chi connectivity index (χ4n) is 1.26. The van der Waals surface area contributed by atoms with Gasteiger partial charge in [0, 0.05) is 17.7 Å². The molecule has 0 radical (unpaired) electrons. The van der Waals surface area contributed by atoms with Crippen molar-refractivity contribution in [1.29, 1.82) is 0 Å². The van der Waals surface area contributed by atoms with Gasteiger partial charge in [0.15, 0.2) is 0 Å². The van der Waals surface area contributed by atoms with E-state index < -0.39 is 0 Å².